The molecule has 3 heterocycles. The monoisotopic (exact) mass is 346 g/mol. The van der Waals surface area contributed by atoms with Gasteiger partial charge in [0.2, 0.25) is 5.91 Å². The van der Waals surface area contributed by atoms with Crippen molar-refractivity contribution in [2.45, 2.75) is 19.4 Å². The van der Waals surface area contributed by atoms with Gasteiger partial charge in [-0.05, 0) is 71.8 Å². The van der Waals surface area contributed by atoms with Crippen molar-refractivity contribution in [3.63, 3.8) is 0 Å². The fourth-order valence-electron chi connectivity index (χ4n) is 2.84. The van der Waals surface area contributed by atoms with Gasteiger partial charge in [0.05, 0.1) is 0 Å². The van der Waals surface area contributed by atoms with Crippen LogP contribution in [0.1, 0.15) is 23.3 Å². The molecule has 1 aliphatic rings. The molecule has 0 radical (unpaired) electrons. The van der Waals surface area contributed by atoms with E-state index in [0.717, 1.165) is 31.1 Å². The number of carbonyl (C=O) groups excluding carboxylic acids is 1. The molecule has 1 fully saturated rings. The molecule has 23 heavy (non-hydrogen) atoms. The average Bonchev–Trinajstić information content (AvgIpc) is 3.26. The summed E-state index contributed by atoms with van der Waals surface area (Å²) in [5.74, 6) is 0.618. The molecular weight excluding hydrogens is 324 g/mol. The van der Waals surface area contributed by atoms with E-state index in [0.29, 0.717) is 5.92 Å². The number of rotatable bonds is 6. The van der Waals surface area contributed by atoms with Crippen LogP contribution in [0.4, 0.5) is 0 Å². The minimum absolute atomic E-state index is 0.0131. The van der Waals surface area contributed by atoms with Crippen molar-refractivity contribution in [1.82, 2.24) is 10.2 Å². The lowest BCUT2D eigenvalue weighted by Gasteiger charge is -2.31. The van der Waals surface area contributed by atoms with Crippen molar-refractivity contribution in [3.05, 3.63) is 50.9 Å². The zero-order valence-electron chi connectivity index (χ0n) is 13.1. The van der Waals surface area contributed by atoms with E-state index in [9.17, 15) is 4.79 Å². The second-order valence-electron chi connectivity index (χ2n) is 5.95. The molecule has 5 heteroatoms. The predicted octanol–water partition coefficient (Wildman–Crippen LogP) is 3.85. The molecule has 0 bridgehead atoms. The quantitative estimate of drug-likeness (QED) is 0.806. The van der Waals surface area contributed by atoms with Gasteiger partial charge in [-0.25, -0.2) is 0 Å². The Morgan fingerprint density at radius 3 is 2.87 bits per heavy atom. The molecule has 0 aromatic carbocycles. The van der Waals surface area contributed by atoms with Gasteiger partial charge in [-0.2, -0.15) is 11.3 Å². The van der Waals surface area contributed by atoms with Crippen molar-refractivity contribution >= 4 is 34.7 Å². The van der Waals surface area contributed by atoms with E-state index in [2.05, 4.69) is 27.0 Å². The summed E-state index contributed by atoms with van der Waals surface area (Å²) in [5, 5.41) is 9.42. The summed E-state index contributed by atoms with van der Waals surface area (Å²) >= 11 is 3.40. The Morgan fingerprint density at radius 2 is 2.17 bits per heavy atom. The van der Waals surface area contributed by atoms with Gasteiger partial charge < -0.3 is 5.32 Å². The second-order valence-corrected chi connectivity index (χ2v) is 7.70. The fraction of sp³-hybridized carbons (Fsp3) is 0.389. The Hall–Kier alpha value is -1.43. The molecule has 3 nitrogen and oxygen atoms in total. The molecule has 0 aliphatic carbocycles. The van der Waals surface area contributed by atoms with Gasteiger partial charge in [0.1, 0.15) is 0 Å². The highest BCUT2D eigenvalue weighted by Gasteiger charge is 2.19. The molecule has 0 spiro atoms. The largest absolute Gasteiger partial charge is 0.352 e. The Balaban J connectivity index is 1.35. The van der Waals surface area contributed by atoms with Crippen molar-refractivity contribution in [2.75, 3.05) is 19.6 Å². The van der Waals surface area contributed by atoms with E-state index in [1.54, 1.807) is 28.7 Å². The topological polar surface area (TPSA) is 32.3 Å². The van der Waals surface area contributed by atoms with Gasteiger partial charge in [-0.1, -0.05) is 6.07 Å². The minimum Gasteiger partial charge on any atom is -0.352 e. The molecule has 122 valence electrons. The fourth-order valence-corrected chi connectivity index (χ4v) is 4.12. The third-order valence-electron chi connectivity index (χ3n) is 4.20. The third-order valence-corrected chi connectivity index (χ3v) is 5.77. The van der Waals surface area contributed by atoms with Crippen LogP contribution in [0.5, 0.6) is 0 Å². The normalized spacial score (nSPS) is 16.9. The molecule has 0 unspecified atom stereocenters. The molecule has 1 saturated heterocycles. The van der Waals surface area contributed by atoms with Crippen molar-refractivity contribution < 1.29 is 4.79 Å². The zero-order chi connectivity index (χ0) is 15.9. The lowest BCUT2D eigenvalue weighted by Crippen LogP contribution is -2.37. The van der Waals surface area contributed by atoms with Crippen molar-refractivity contribution in [1.29, 1.82) is 0 Å². The maximum absolute atomic E-state index is 11.9. The molecule has 1 amide bonds. The first kappa shape index (κ1) is 16.4. The molecule has 2 aromatic heterocycles. The van der Waals surface area contributed by atoms with E-state index < -0.39 is 0 Å². The molecule has 2 aromatic rings. The second kappa shape index (κ2) is 8.43. The van der Waals surface area contributed by atoms with Crippen molar-refractivity contribution in [3.8, 4) is 0 Å². The summed E-state index contributed by atoms with van der Waals surface area (Å²) in [6, 6.07) is 6.21. The van der Waals surface area contributed by atoms with Crippen LogP contribution in [-0.2, 0) is 11.3 Å². The predicted molar refractivity (Wildman–Crippen MR) is 98.7 cm³/mol. The molecule has 1 aliphatic heterocycles. The van der Waals surface area contributed by atoms with E-state index in [1.165, 1.54) is 18.4 Å². The first-order valence-corrected chi connectivity index (χ1v) is 9.85. The average molecular weight is 347 g/mol. The molecule has 0 saturated carbocycles. The number of likely N-dealkylation sites (tertiary alicyclic amines) is 1. The number of thiophene rings is 2. The number of nitrogens with zero attached hydrogens (tertiary/aromatic N) is 1. The highest BCUT2D eigenvalue weighted by atomic mass is 32.1. The summed E-state index contributed by atoms with van der Waals surface area (Å²) in [5.41, 5.74) is 1.42. The number of carbonyl (C=O) groups is 1. The van der Waals surface area contributed by atoms with Gasteiger partial charge in [0, 0.05) is 24.0 Å². The SMILES string of the molecule is O=C(/C=C/c1cccs1)NCC1CCN(Cc2ccsc2)CC1. The number of hydrogen-bond acceptors (Lipinski definition) is 4. The van der Waals surface area contributed by atoms with Crippen LogP contribution >= 0.6 is 22.7 Å². The summed E-state index contributed by atoms with van der Waals surface area (Å²) < 4.78 is 0. The molecule has 3 rings (SSSR count). The summed E-state index contributed by atoms with van der Waals surface area (Å²) in [6.45, 7) is 4.11. The van der Waals surface area contributed by atoms with E-state index in [-0.39, 0.29) is 5.91 Å². The molecular formula is C18H22N2OS2. The number of piperidine rings is 1. The van der Waals surface area contributed by atoms with Crippen LogP contribution in [0.15, 0.2) is 40.4 Å². The number of hydrogen-bond donors (Lipinski definition) is 1. The Kier molecular flexibility index (Phi) is 6.02. The zero-order valence-corrected chi connectivity index (χ0v) is 14.7. The van der Waals surface area contributed by atoms with Gasteiger partial charge in [0.15, 0.2) is 0 Å². The van der Waals surface area contributed by atoms with Crippen LogP contribution in [0.25, 0.3) is 6.08 Å². The standard InChI is InChI=1S/C18H22N2OS2/c21-18(4-3-17-2-1-10-23-17)19-12-15-5-8-20(9-6-15)13-16-7-11-22-14-16/h1-4,7,10-11,14-15H,5-6,8-9,12-13H2,(H,19,21)/b4-3+. The highest BCUT2D eigenvalue weighted by Crippen LogP contribution is 2.19. The third kappa shape index (κ3) is 5.30. The maximum atomic E-state index is 11.9. The van der Waals surface area contributed by atoms with Crippen LogP contribution < -0.4 is 5.32 Å². The summed E-state index contributed by atoms with van der Waals surface area (Å²) in [4.78, 5) is 15.5. The smallest absolute Gasteiger partial charge is 0.244 e. The Bertz CT molecular complexity index is 612. The summed E-state index contributed by atoms with van der Waals surface area (Å²) in [6.07, 6.45) is 5.85. The molecule has 0 atom stereocenters. The van der Waals surface area contributed by atoms with Crippen LogP contribution in [-0.4, -0.2) is 30.4 Å². The maximum Gasteiger partial charge on any atom is 0.244 e. The Morgan fingerprint density at radius 1 is 1.30 bits per heavy atom. The van der Waals surface area contributed by atoms with Crippen molar-refractivity contribution in [2.24, 2.45) is 5.92 Å². The molecule has 1 N–H and O–H groups in total. The first-order chi connectivity index (χ1) is 11.3. The van der Waals surface area contributed by atoms with Crippen LogP contribution in [0.2, 0.25) is 0 Å². The van der Waals surface area contributed by atoms with Crippen LogP contribution in [0.3, 0.4) is 0 Å². The first-order valence-electron chi connectivity index (χ1n) is 8.02. The summed E-state index contributed by atoms with van der Waals surface area (Å²) in [7, 11) is 0. The van der Waals surface area contributed by atoms with E-state index >= 15 is 0 Å². The lowest BCUT2D eigenvalue weighted by atomic mass is 9.96. The van der Waals surface area contributed by atoms with Gasteiger partial charge >= 0.3 is 0 Å². The number of nitrogens with one attached hydrogen (secondary N) is 1. The van der Waals surface area contributed by atoms with E-state index in [4.69, 9.17) is 0 Å². The van der Waals surface area contributed by atoms with Gasteiger partial charge in [0.25, 0.3) is 0 Å². The highest BCUT2D eigenvalue weighted by molar-refractivity contribution is 7.10. The van der Waals surface area contributed by atoms with Gasteiger partial charge in [-0.15, -0.1) is 11.3 Å². The lowest BCUT2D eigenvalue weighted by molar-refractivity contribution is -0.116. The van der Waals surface area contributed by atoms with E-state index in [1.807, 2.05) is 23.6 Å². The minimum atomic E-state index is 0.0131. The Labute approximate surface area is 145 Å². The number of amides is 1. The van der Waals surface area contributed by atoms with Gasteiger partial charge in [-0.3, -0.25) is 9.69 Å². The van der Waals surface area contributed by atoms with Crippen LogP contribution in [0, 0.1) is 5.92 Å².